The summed E-state index contributed by atoms with van der Waals surface area (Å²) in [6, 6.07) is 6.44. The first-order valence-corrected chi connectivity index (χ1v) is 7.27. The lowest BCUT2D eigenvalue weighted by Crippen LogP contribution is -2.30. The van der Waals surface area contributed by atoms with Crippen molar-refractivity contribution in [2.24, 2.45) is 0 Å². The molecule has 0 amide bonds. The van der Waals surface area contributed by atoms with E-state index in [1.807, 2.05) is 16.3 Å². The molecule has 1 N–H and O–H groups in total. The Balaban J connectivity index is 2.05. The van der Waals surface area contributed by atoms with Crippen molar-refractivity contribution in [3.05, 3.63) is 55.8 Å². The van der Waals surface area contributed by atoms with Gasteiger partial charge in [-0.3, -0.25) is 10.1 Å². The van der Waals surface area contributed by atoms with Crippen LogP contribution in [0.4, 0.5) is 11.4 Å². The standard InChI is InChI=1S/C14H12N2O4S/c17-14(18)10-2-1-3-11(13(10)16(19)20)15-6-4-12-9(8-15)5-7-21-12/h1-3,5,7H,4,6,8H2,(H,17,18). The van der Waals surface area contributed by atoms with E-state index in [1.54, 1.807) is 23.5 Å². The van der Waals surface area contributed by atoms with E-state index in [1.165, 1.54) is 10.9 Å². The van der Waals surface area contributed by atoms with Crippen LogP contribution >= 0.6 is 11.3 Å². The van der Waals surface area contributed by atoms with Gasteiger partial charge in [-0.25, -0.2) is 4.79 Å². The number of rotatable bonds is 3. The van der Waals surface area contributed by atoms with E-state index in [9.17, 15) is 14.9 Å². The van der Waals surface area contributed by atoms with Gasteiger partial charge in [0.05, 0.1) is 4.92 Å². The second kappa shape index (κ2) is 5.17. The van der Waals surface area contributed by atoms with Crippen LogP contribution in [-0.2, 0) is 13.0 Å². The molecule has 21 heavy (non-hydrogen) atoms. The van der Waals surface area contributed by atoms with Crippen LogP contribution in [0.5, 0.6) is 0 Å². The SMILES string of the molecule is O=C(O)c1cccc(N2CCc3sccc3C2)c1[N+](=O)[O-]. The molecule has 7 heteroatoms. The first-order valence-electron chi connectivity index (χ1n) is 6.39. The average Bonchev–Trinajstić information content (AvgIpc) is 2.93. The van der Waals surface area contributed by atoms with Gasteiger partial charge in [-0.05, 0) is 35.6 Å². The van der Waals surface area contributed by atoms with Gasteiger partial charge in [0.15, 0.2) is 0 Å². The minimum atomic E-state index is -1.28. The normalized spacial score (nSPS) is 13.8. The van der Waals surface area contributed by atoms with Gasteiger partial charge in [0, 0.05) is 18.0 Å². The fraction of sp³-hybridized carbons (Fsp3) is 0.214. The van der Waals surface area contributed by atoms with E-state index in [0.717, 1.165) is 12.0 Å². The molecule has 1 aliphatic heterocycles. The molecular formula is C14H12N2O4S. The number of carboxylic acid groups (broad SMARTS) is 1. The van der Waals surface area contributed by atoms with Gasteiger partial charge in [-0.15, -0.1) is 11.3 Å². The lowest BCUT2D eigenvalue weighted by molar-refractivity contribution is -0.384. The van der Waals surface area contributed by atoms with Crippen LogP contribution in [0.3, 0.4) is 0 Å². The molecule has 2 aromatic rings. The summed E-state index contributed by atoms with van der Waals surface area (Å²) >= 11 is 1.69. The smallest absolute Gasteiger partial charge is 0.342 e. The largest absolute Gasteiger partial charge is 0.477 e. The molecule has 0 saturated heterocycles. The van der Waals surface area contributed by atoms with Crippen molar-refractivity contribution < 1.29 is 14.8 Å². The van der Waals surface area contributed by atoms with Crippen molar-refractivity contribution in [1.82, 2.24) is 0 Å². The van der Waals surface area contributed by atoms with Gasteiger partial charge in [0.2, 0.25) is 0 Å². The Hall–Kier alpha value is -2.41. The van der Waals surface area contributed by atoms with E-state index in [0.29, 0.717) is 18.8 Å². The lowest BCUT2D eigenvalue weighted by Gasteiger charge is -2.28. The zero-order valence-corrected chi connectivity index (χ0v) is 11.8. The van der Waals surface area contributed by atoms with Gasteiger partial charge in [-0.2, -0.15) is 0 Å². The van der Waals surface area contributed by atoms with Crippen molar-refractivity contribution in [2.75, 3.05) is 11.4 Å². The van der Waals surface area contributed by atoms with E-state index in [-0.39, 0.29) is 11.3 Å². The molecule has 3 rings (SSSR count). The summed E-state index contributed by atoms with van der Waals surface area (Å²) in [6.45, 7) is 1.22. The predicted molar refractivity (Wildman–Crippen MR) is 79.1 cm³/mol. The highest BCUT2D eigenvalue weighted by Gasteiger charge is 2.29. The van der Waals surface area contributed by atoms with Crippen LogP contribution in [0.2, 0.25) is 0 Å². The summed E-state index contributed by atoms with van der Waals surface area (Å²) in [5.74, 6) is -1.28. The number of nitrogens with zero attached hydrogens (tertiary/aromatic N) is 2. The van der Waals surface area contributed by atoms with Crippen LogP contribution in [-0.4, -0.2) is 22.5 Å². The van der Waals surface area contributed by atoms with Crippen molar-refractivity contribution >= 4 is 28.7 Å². The number of thiophene rings is 1. The van der Waals surface area contributed by atoms with Crippen molar-refractivity contribution in [2.45, 2.75) is 13.0 Å². The number of hydrogen-bond donors (Lipinski definition) is 1. The summed E-state index contributed by atoms with van der Waals surface area (Å²) in [4.78, 5) is 25.1. The topological polar surface area (TPSA) is 83.7 Å². The maximum absolute atomic E-state index is 11.3. The predicted octanol–water partition coefficient (Wildman–Crippen LogP) is 2.92. The first kappa shape index (κ1) is 13.6. The molecule has 6 nitrogen and oxygen atoms in total. The van der Waals surface area contributed by atoms with E-state index in [2.05, 4.69) is 0 Å². The second-order valence-corrected chi connectivity index (χ2v) is 5.78. The third kappa shape index (κ3) is 2.36. The fourth-order valence-electron chi connectivity index (χ4n) is 2.61. The molecular weight excluding hydrogens is 292 g/mol. The van der Waals surface area contributed by atoms with Crippen LogP contribution < -0.4 is 4.90 Å². The number of benzene rings is 1. The third-order valence-corrected chi connectivity index (χ3v) is 4.60. The Bertz CT molecular complexity index is 726. The highest BCUT2D eigenvalue weighted by atomic mass is 32.1. The Morgan fingerprint density at radius 3 is 2.90 bits per heavy atom. The molecule has 0 unspecified atom stereocenters. The molecule has 0 bridgehead atoms. The van der Waals surface area contributed by atoms with E-state index >= 15 is 0 Å². The van der Waals surface area contributed by atoms with Crippen molar-refractivity contribution in [3.63, 3.8) is 0 Å². The van der Waals surface area contributed by atoms with Gasteiger partial charge in [0.1, 0.15) is 11.3 Å². The summed E-state index contributed by atoms with van der Waals surface area (Å²) in [7, 11) is 0. The summed E-state index contributed by atoms with van der Waals surface area (Å²) in [5.41, 5.74) is 0.926. The minimum Gasteiger partial charge on any atom is -0.477 e. The number of nitro groups is 1. The third-order valence-electron chi connectivity index (χ3n) is 3.58. The molecule has 0 spiro atoms. The summed E-state index contributed by atoms with van der Waals surface area (Å²) in [5, 5.41) is 22.5. The number of nitro benzene ring substituents is 1. The highest BCUT2D eigenvalue weighted by Crippen LogP contribution is 2.35. The number of fused-ring (bicyclic) bond motifs is 1. The zero-order valence-electron chi connectivity index (χ0n) is 11.0. The number of hydrogen-bond acceptors (Lipinski definition) is 5. The van der Waals surface area contributed by atoms with E-state index < -0.39 is 10.9 Å². The maximum atomic E-state index is 11.3. The van der Waals surface area contributed by atoms with E-state index in [4.69, 9.17) is 5.11 Å². The Labute approximate surface area is 124 Å². The maximum Gasteiger partial charge on any atom is 0.342 e. The van der Waals surface area contributed by atoms with Crippen LogP contribution in [0.25, 0.3) is 0 Å². The molecule has 1 aromatic carbocycles. The molecule has 108 valence electrons. The molecule has 1 aliphatic rings. The first-order chi connectivity index (χ1) is 10.1. The van der Waals surface area contributed by atoms with Gasteiger partial charge in [0.25, 0.3) is 0 Å². The van der Waals surface area contributed by atoms with Crippen molar-refractivity contribution in [3.8, 4) is 0 Å². The quantitative estimate of drug-likeness (QED) is 0.696. The van der Waals surface area contributed by atoms with Gasteiger partial charge < -0.3 is 10.0 Å². The van der Waals surface area contributed by atoms with Gasteiger partial charge >= 0.3 is 11.7 Å². The zero-order chi connectivity index (χ0) is 15.0. The number of anilines is 1. The summed E-state index contributed by atoms with van der Waals surface area (Å²) < 4.78 is 0. The lowest BCUT2D eigenvalue weighted by atomic mass is 10.1. The molecule has 0 saturated carbocycles. The molecule has 0 fully saturated rings. The fourth-order valence-corrected chi connectivity index (χ4v) is 3.49. The summed E-state index contributed by atoms with van der Waals surface area (Å²) in [6.07, 6.45) is 0.821. The Kier molecular flexibility index (Phi) is 3.34. The molecule has 1 aromatic heterocycles. The number of para-hydroxylation sites is 1. The number of carbonyl (C=O) groups is 1. The van der Waals surface area contributed by atoms with Crippen molar-refractivity contribution in [1.29, 1.82) is 0 Å². The highest BCUT2D eigenvalue weighted by molar-refractivity contribution is 7.10. The average molecular weight is 304 g/mol. The van der Waals surface area contributed by atoms with Crippen LogP contribution in [0.15, 0.2) is 29.6 Å². The Morgan fingerprint density at radius 1 is 1.38 bits per heavy atom. The monoisotopic (exact) mass is 304 g/mol. The minimum absolute atomic E-state index is 0.270. The van der Waals surface area contributed by atoms with Crippen LogP contribution in [0, 0.1) is 10.1 Å². The second-order valence-electron chi connectivity index (χ2n) is 4.78. The van der Waals surface area contributed by atoms with Gasteiger partial charge in [-0.1, -0.05) is 6.07 Å². The number of carboxylic acids is 1. The molecule has 0 radical (unpaired) electrons. The number of aromatic carboxylic acids is 1. The Morgan fingerprint density at radius 2 is 2.19 bits per heavy atom. The molecule has 2 heterocycles. The van der Waals surface area contributed by atoms with Crippen LogP contribution in [0.1, 0.15) is 20.8 Å². The molecule has 0 atom stereocenters. The molecule has 0 aliphatic carbocycles.